The highest BCUT2D eigenvalue weighted by Gasteiger charge is 1.85. The molecule has 4 heteroatoms. The normalized spacial score (nSPS) is 9.29. The average molecular weight is 135 g/mol. The summed E-state index contributed by atoms with van der Waals surface area (Å²) >= 11 is 5.49. The van der Waals surface area contributed by atoms with Crippen LogP contribution in [-0.4, -0.2) is 4.98 Å². The van der Waals surface area contributed by atoms with Gasteiger partial charge in [0.1, 0.15) is 0 Å². The van der Waals surface area contributed by atoms with Crippen LogP contribution in [0, 0.1) is 9.09 Å². The fraction of sp³-hybridized carbons (Fsp3) is 0. The highest BCUT2D eigenvalue weighted by molar-refractivity contribution is 7.73. The molecule has 1 rings (SSSR count). The quantitative estimate of drug-likeness (QED) is 0.537. The lowest BCUT2D eigenvalue weighted by Gasteiger charge is -1.58. The third kappa shape index (κ3) is 1.07. The van der Waals surface area contributed by atoms with Crippen molar-refractivity contribution < 1.29 is 4.39 Å². The molecule has 0 aliphatic heterocycles. The first-order chi connectivity index (χ1) is 3.29. The molecule has 0 amide bonds. The molecule has 0 aliphatic rings. The Kier molecular flexibility index (Phi) is 1.21. The van der Waals surface area contributed by atoms with E-state index in [1.54, 1.807) is 0 Å². The summed E-state index contributed by atoms with van der Waals surface area (Å²) < 4.78 is 12.3. The highest BCUT2D eigenvalue weighted by Crippen LogP contribution is 2.03. The second-order valence-corrected chi connectivity index (χ2v) is 2.65. The van der Waals surface area contributed by atoms with E-state index in [4.69, 9.17) is 0 Å². The monoisotopic (exact) mass is 135 g/mol. The van der Waals surface area contributed by atoms with Crippen LogP contribution < -0.4 is 0 Å². The molecule has 38 valence electrons. The second-order valence-electron chi connectivity index (χ2n) is 0.982. The Hall–Kier alpha value is -0.220. The predicted molar refractivity (Wildman–Crippen MR) is 29.5 cm³/mol. The van der Waals surface area contributed by atoms with E-state index in [9.17, 15) is 4.39 Å². The maximum Gasteiger partial charge on any atom is 0.195 e. The first kappa shape index (κ1) is 4.93. The molecule has 0 fully saturated rings. The van der Waals surface area contributed by atoms with Gasteiger partial charge >= 0.3 is 0 Å². The second kappa shape index (κ2) is 1.71. The van der Waals surface area contributed by atoms with Gasteiger partial charge in [0.15, 0.2) is 9.09 Å². The standard InChI is InChI=1S/C3H2FNS2/c4-2-1-5-3(6)7-2/h1H,(H,5,6). The van der Waals surface area contributed by atoms with E-state index >= 15 is 0 Å². The third-order valence-corrected chi connectivity index (χ3v) is 1.48. The van der Waals surface area contributed by atoms with Crippen LogP contribution in [0.1, 0.15) is 0 Å². The zero-order chi connectivity index (χ0) is 5.28. The number of nitrogens with one attached hydrogen (secondary N) is 1. The molecule has 0 aliphatic carbocycles. The third-order valence-electron chi connectivity index (χ3n) is 0.494. The van der Waals surface area contributed by atoms with Gasteiger partial charge in [-0.25, -0.2) is 0 Å². The summed E-state index contributed by atoms with van der Waals surface area (Å²) in [5, 5.41) is -0.259. The molecule has 1 N–H and O–H groups in total. The van der Waals surface area contributed by atoms with Gasteiger partial charge in [-0.2, -0.15) is 4.39 Å². The molecule has 0 aromatic carbocycles. The Morgan fingerprint density at radius 3 is 2.71 bits per heavy atom. The van der Waals surface area contributed by atoms with Crippen LogP contribution >= 0.6 is 23.6 Å². The molecule has 0 bridgehead atoms. The van der Waals surface area contributed by atoms with Crippen LogP contribution in [0.5, 0.6) is 0 Å². The van der Waals surface area contributed by atoms with Crippen LogP contribution in [0.2, 0.25) is 0 Å². The molecular weight excluding hydrogens is 133 g/mol. The molecule has 1 aromatic heterocycles. The fourth-order valence-corrected chi connectivity index (χ4v) is 0.974. The molecule has 7 heavy (non-hydrogen) atoms. The van der Waals surface area contributed by atoms with Crippen molar-refractivity contribution in [2.75, 3.05) is 0 Å². The lowest BCUT2D eigenvalue weighted by Crippen LogP contribution is -1.50. The SMILES string of the molecule is Fc1c[nH]c(=S)s1. The average Bonchev–Trinajstić information content (AvgIpc) is 1.87. The first-order valence-electron chi connectivity index (χ1n) is 1.63. The van der Waals surface area contributed by atoms with Crippen molar-refractivity contribution in [3.8, 4) is 0 Å². The minimum absolute atomic E-state index is 0.259. The summed E-state index contributed by atoms with van der Waals surface area (Å²) in [5.74, 6) is 0. The van der Waals surface area contributed by atoms with Crippen molar-refractivity contribution in [2.24, 2.45) is 0 Å². The predicted octanol–water partition coefficient (Wildman–Crippen LogP) is 1.94. The van der Waals surface area contributed by atoms with E-state index in [0.29, 0.717) is 3.95 Å². The summed E-state index contributed by atoms with van der Waals surface area (Å²) in [7, 11) is 0. The Balaban J connectivity index is 3.30. The molecule has 0 atom stereocenters. The van der Waals surface area contributed by atoms with Gasteiger partial charge in [0, 0.05) is 6.20 Å². The number of aromatic amines is 1. The van der Waals surface area contributed by atoms with Gasteiger partial charge in [0.25, 0.3) is 0 Å². The summed E-state index contributed by atoms with van der Waals surface area (Å²) in [6.07, 6.45) is 1.24. The first-order valence-corrected chi connectivity index (χ1v) is 2.85. The van der Waals surface area contributed by atoms with Gasteiger partial charge in [-0.15, -0.1) is 0 Å². The van der Waals surface area contributed by atoms with Crippen LogP contribution in [0.4, 0.5) is 4.39 Å². The molecule has 1 heterocycles. The van der Waals surface area contributed by atoms with Gasteiger partial charge < -0.3 is 4.98 Å². The summed E-state index contributed by atoms with van der Waals surface area (Å²) in [6.45, 7) is 0. The molecular formula is C3H2FNS2. The number of hydrogen-bond donors (Lipinski definition) is 1. The van der Waals surface area contributed by atoms with E-state index in [1.807, 2.05) is 0 Å². The van der Waals surface area contributed by atoms with Gasteiger partial charge in [0.05, 0.1) is 0 Å². The topological polar surface area (TPSA) is 15.8 Å². The van der Waals surface area contributed by atoms with E-state index in [-0.39, 0.29) is 5.13 Å². The number of hydrogen-bond acceptors (Lipinski definition) is 2. The number of H-pyrrole nitrogens is 1. The van der Waals surface area contributed by atoms with Crippen molar-refractivity contribution in [1.29, 1.82) is 0 Å². The van der Waals surface area contributed by atoms with Crippen LogP contribution in [-0.2, 0) is 0 Å². The van der Waals surface area contributed by atoms with Gasteiger partial charge in [-0.3, -0.25) is 0 Å². The lowest BCUT2D eigenvalue weighted by molar-refractivity contribution is 0.653. The van der Waals surface area contributed by atoms with Gasteiger partial charge in [-0.1, -0.05) is 11.3 Å². The minimum Gasteiger partial charge on any atom is -0.341 e. The van der Waals surface area contributed by atoms with E-state index in [2.05, 4.69) is 17.2 Å². The molecule has 1 nitrogen and oxygen atoms in total. The Morgan fingerprint density at radius 1 is 1.86 bits per heavy atom. The Labute approximate surface area is 48.8 Å². The molecule has 0 radical (unpaired) electrons. The van der Waals surface area contributed by atoms with Crippen molar-refractivity contribution in [3.05, 3.63) is 15.3 Å². The number of aromatic nitrogens is 1. The molecule has 1 aromatic rings. The van der Waals surface area contributed by atoms with E-state index < -0.39 is 0 Å². The molecule has 0 saturated carbocycles. The smallest absolute Gasteiger partial charge is 0.195 e. The Morgan fingerprint density at radius 2 is 2.57 bits per heavy atom. The largest absolute Gasteiger partial charge is 0.341 e. The molecule has 0 unspecified atom stereocenters. The fourth-order valence-electron chi connectivity index (χ4n) is 0.263. The highest BCUT2D eigenvalue weighted by atomic mass is 32.1. The molecule has 0 spiro atoms. The summed E-state index contributed by atoms with van der Waals surface area (Å²) in [4.78, 5) is 2.53. The maximum atomic E-state index is 11.8. The molecule has 0 saturated heterocycles. The van der Waals surface area contributed by atoms with Crippen LogP contribution in [0.25, 0.3) is 0 Å². The van der Waals surface area contributed by atoms with Gasteiger partial charge in [0.2, 0.25) is 0 Å². The zero-order valence-electron chi connectivity index (χ0n) is 3.27. The van der Waals surface area contributed by atoms with Crippen LogP contribution in [0.15, 0.2) is 6.20 Å². The van der Waals surface area contributed by atoms with E-state index in [1.165, 1.54) is 6.20 Å². The van der Waals surface area contributed by atoms with Gasteiger partial charge in [-0.05, 0) is 12.2 Å². The number of rotatable bonds is 0. The number of thiazole rings is 1. The summed E-state index contributed by atoms with van der Waals surface area (Å²) in [5.41, 5.74) is 0. The van der Waals surface area contributed by atoms with Crippen molar-refractivity contribution >= 4 is 23.6 Å². The van der Waals surface area contributed by atoms with Crippen molar-refractivity contribution in [3.63, 3.8) is 0 Å². The zero-order valence-corrected chi connectivity index (χ0v) is 4.90. The van der Waals surface area contributed by atoms with Crippen molar-refractivity contribution in [2.45, 2.75) is 0 Å². The maximum absolute atomic E-state index is 11.8. The summed E-state index contributed by atoms with van der Waals surface area (Å²) in [6, 6.07) is 0. The lowest BCUT2D eigenvalue weighted by atomic mass is 11.0. The minimum atomic E-state index is -0.259. The van der Waals surface area contributed by atoms with Crippen LogP contribution in [0.3, 0.4) is 0 Å². The Bertz CT molecular complexity index is 201. The van der Waals surface area contributed by atoms with Crippen molar-refractivity contribution in [1.82, 2.24) is 4.98 Å². The van der Waals surface area contributed by atoms with E-state index in [0.717, 1.165) is 11.3 Å². The number of halogens is 1.